The molecule has 122 valence electrons. The third-order valence-electron chi connectivity index (χ3n) is 4.41. The quantitative estimate of drug-likeness (QED) is 0.729. The van der Waals surface area contributed by atoms with E-state index < -0.39 is 9.84 Å². The number of nitrogens with zero attached hydrogens (tertiary/aromatic N) is 2. The molecule has 1 amide bonds. The minimum absolute atomic E-state index is 0.0686. The van der Waals surface area contributed by atoms with Gasteiger partial charge in [-0.15, -0.1) is 0 Å². The molecule has 0 N–H and O–H groups in total. The Bertz CT molecular complexity index is 466. The molecule has 0 aromatic rings. The van der Waals surface area contributed by atoms with Crippen LogP contribution in [0.2, 0.25) is 0 Å². The van der Waals surface area contributed by atoms with Gasteiger partial charge < -0.3 is 14.5 Å². The Morgan fingerprint density at radius 1 is 1.29 bits per heavy atom. The van der Waals surface area contributed by atoms with Gasteiger partial charge in [0.2, 0.25) is 5.91 Å². The number of likely N-dealkylation sites (N-methyl/N-ethyl adjacent to an activating group) is 1. The molecule has 0 aliphatic carbocycles. The Balaban J connectivity index is 1.88. The summed E-state index contributed by atoms with van der Waals surface area (Å²) in [5.74, 6) is 0.339. The normalized spacial score (nSPS) is 28.0. The van der Waals surface area contributed by atoms with E-state index in [1.807, 2.05) is 0 Å². The second-order valence-corrected chi connectivity index (χ2v) is 8.33. The molecule has 2 aliphatic rings. The smallest absolute Gasteiger partial charge is 0.223 e. The average molecular weight is 318 g/mol. The molecule has 0 bridgehead atoms. The number of carbonyl (C=O) groups is 1. The van der Waals surface area contributed by atoms with Crippen molar-refractivity contribution in [3.8, 4) is 0 Å². The molecule has 2 aliphatic heterocycles. The largest absolute Gasteiger partial charge is 0.375 e. The van der Waals surface area contributed by atoms with Crippen molar-refractivity contribution in [2.45, 2.75) is 25.9 Å². The Hall–Kier alpha value is -0.660. The van der Waals surface area contributed by atoms with Gasteiger partial charge in [0.25, 0.3) is 0 Å². The first-order chi connectivity index (χ1) is 9.89. The minimum atomic E-state index is -3.08. The van der Waals surface area contributed by atoms with Crippen LogP contribution in [0.3, 0.4) is 0 Å². The van der Waals surface area contributed by atoms with Gasteiger partial charge in [-0.2, -0.15) is 0 Å². The second kappa shape index (κ2) is 7.07. The van der Waals surface area contributed by atoms with E-state index in [9.17, 15) is 13.2 Å². The summed E-state index contributed by atoms with van der Waals surface area (Å²) in [6, 6.07) is 0. The van der Waals surface area contributed by atoms with E-state index in [0.29, 0.717) is 25.6 Å². The van der Waals surface area contributed by atoms with Gasteiger partial charge in [-0.25, -0.2) is 8.42 Å². The standard InChI is InChI=1S/C14H26N2O4S/c1-3-15-7-8-20-13-11-16(6-4-12(13)10-15)14(17)5-9-21(2,18)19/h12-13H,3-11H2,1-2H3. The van der Waals surface area contributed by atoms with Gasteiger partial charge in [0.15, 0.2) is 0 Å². The van der Waals surface area contributed by atoms with Gasteiger partial charge in [-0.1, -0.05) is 6.92 Å². The van der Waals surface area contributed by atoms with E-state index in [2.05, 4.69) is 11.8 Å². The van der Waals surface area contributed by atoms with Crippen LogP contribution >= 0.6 is 0 Å². The molecular formula is C14H26N2O4S. The topological polar surface area (TPSA) is 66.9 Å². The van der Waals surface area contributed by atoms with Crippen LogP contribution in [0.5, 0.6) is 0 Å². The molecule has 2 atom stereocenters. The van der Waals surface area contributed by atoms with Crippen LogP contribution in [0.4, 0.5) is 0 Å². The molecule has 2 rings (SSSR count). The maximum absolute atomic E-state index is 12.1. The highest BCUT2D eigenvalue weighted by molar-refractivity contribution is 7.90. The molecule has 0 radical (unpaired) electrons. The lowest BCUT2D eigenvalue weighted by atomic mass is 9.93. The van der Waals surface area contributed by atoms with Crippen molar-refractivity contribution in [2.24, 2.45) is 5.92 Å². The first-order valence-electron chi connectivity index (χ1n) is 7.68. The lowest BCUT2D eigenvalue weighted by Crippen LogP contribution is -2.49. The molecule has 2 unspecified atom stereocenters. The monoisotopic (exact) mass is 318 g/mol. The summed E-state index contributed by atoms with van der Waals surface area (Å²) >= 11 is 0. The number of likely N-dealkylation sites (tertiary alicyclic amines) is 1. The Labute approximate surface area is 127 Å². The zero-order valence-corrected chi connectivity index (χ0v) is 13.8. The number of sulfone groups is 1. The van der Waals surface area contributed by atoms with Crippen LogP contribution in [0.25, 0.3) is 0 Å². The summed E-state index contributed by atoms with van der Waals surface area (Å²) in [5, 5.41) is 0. The van der Waals surface area contributed by atoms with Crippen LogP contribution in [0.1, 0.15) is 19.8 Å². The maximum atomic E-state index is 12.1. The third kappa shape index (κ3) is 4.93. The van der Waals surface area contributed by atoms with Gasteiger partial charge >= 0.3 is 0 Å². The molecule has 7 heteroatoms. The molecule has 2 heterocycles. The summed E-state index contributed by atoms with van der Waals surface area (Å²) in [7, 11) is -3.08. The fourth-order valence-electron chi connectivity index (χ4n) is 3.06. The van der Waals surface area contributed by atoms with Crippen molar-refractivity contribution in [3.05, 3.63) is 0 Å². The number of hydrogen-bond acceptors (Lipinski definition) is 5. The highest BCUT2D eigenvalue weighted by atomic mass is 32.2. The molecule has 21 heavy (non-hydrogen) atoms. The van der Waals surface area contributed by atoms with Crippen molar-refractivity contribution in [3.63, 3.8) is 0 Å². The summed E-state index contributed by atoms with van der Waals surface area (Å²) in [6.45, 7) is 7.20. The number of ether oxygens (including phenoxy) is 1. The summed E-state index contributed by atoms with van der Waals surface area (Å²) in [5.41, 5.74) is 0. The summed E-state index contributed by atoms with van der Waals surface area (Å²) in [6.07, 6.45) is 2.28. The van der Waals surface area contributed by atoms with Gasteiger partial charge in [0.05, 0.1) is 18.5 Å². The molecule has 2 fully saturated rings. The van der Waals surface area contributed by atoms with Crippen LogP contribution in [0.15, 0.2) is 0 Å². The van der Waals surface area contributed by atoms with E-state index in [4.69, 9.17) is 4.74 Å². The Morgan fingerprint density at radius 2 is 2.05 bits per heavy atom. The van der Waals surface area contributed by atoms with Gasteiger partial charge in [-0.05, 0) is 13.0 Å². The van der Waals surface area contributed by atoms with E-state index in [1.54, 1.807) is 4.90 Å². The number of hydrogen-bond donors (Lipinski definition) is 0. The molecule has 6 nitrogen and oxygen atoms in total. The summed E-state index contributed by atoms with van der Waals surface area (Å²) < 4.78 is 28.2. The third-order valence-corrected chi connectivity index (χ3v) is 5.36. The highest BCUT2D eigenvalue weighted by Gasteiger charge is 2.34. The molecule has 2 saturated heterocycles. The van der Waals surface area contributed by atoms with Crippen molar-refractivity contribution in [1.29, 1.82) is 0 Å². The fraction of sp³-hybridized carbons (Fsp3) is 0.929. The second-order valence-electron chi connectivity index (χ2n) is 6.07. The van der Waals surface area contributed by atoms with E-state index in [1.165, 1.54) is 6.26 Å². The summed E-state index contributed by atoms with van der Waals surface area (Å²) in [4.78, 5) is 16.3. The number of rotatable bonds is 4. The fourth-order valence-corrected chi connectivity index (χ4v) is 3.61. The van der Waals surface area contributed by atoms with E-state index >= 15 is 0 Å². The van der Waals surface area contributed by atoms with Gasteiger partial charge in [0, 0.05) is 44.8 Å². The zero-order valence-electron chi connectivity index (χ0n) is 13.0. The maximum Gasteiger partial charge on any atom is 0.223 e. The minimum Gasteiger partial charge on any atom is -0.375 e. The lowest BCUT2D eigenvalue weighted by Gasteiger charge is -2.38. The highest BCUT2D eigenvalue weighted by Crippen LogP contribution is 2.24. The van der Waals surface area contributed by atoms with Crippen LogP contribution in [0, 0.1) is 5.92 Å². The average Bonchev–Trinajstić information content (AvgIpc) is 2.64. The van der Waals surface area contributed by atoms with Crippen LogP contribution in [-0.2, 0) is 19.4 Å². The van der Waals surface area contributed by atoms with Crippen LogP contribution < -0.4 is 0 Å². The Morgan fingerprint density at radius 3 is 2.71 bits per heavy atom. The number of piperidine rings is 1. The molecule has 0 saturated carbocycles. The Kier molecular flexibility index (Phi) is 5.62. The van der Waals surface area contributed by atoms with Crippen molar-refractivity contribution >= 4 is 15.7 Å². The van der Waals surface area contributed by atoms with Crippen LogP contribution in [-0.4, -0.2) is 81.6 Å². The predicted octanol–water partition coefficient (Wildman–Crippen LogP) is -0.00970. The molecule has 0 spiro atoms. The first-order valence-corrected chi connectivity index (χ1v) is 9.74. The zero-order chi connectivity index (χ0) is 15.5. The van der Waals surface area contributed by atoms with Crippen molar-refractivity contribution in [1.82, 2.24) is 9.80 Å². The number of amides is 1. The molecule has 0 aromatic carbocycles. The lowest BCUT2D eigenvalue weighted by molar-refractivity contribution is -0.136. The van der Waals surface area contributed by atoms with Gasteiger partial charge in [0.1, 0.15) is 9.84 Å². The number of fused-ring (bicyclic) bond motifs is 1. The molecular weight excluding hydrogens is 292 g/mol. The first kappa shape index (κ1) is 16.7. The molecule has 0 aromatic heterocycles. The van der Waals surface area contributed by atoms with E-state index in [-0.39, 0.29) is 24.2 Å². The SMILES string of the molecule is CCN1CCOC2CN(C(=O)CCS(C)(=O)=O)CCC2C1. The van der Waals surface area contributed by atoms with Gasteiger partial charge in [-0.3, -0.25) is 4.79 Å². The van der Waals surface area contributed by atoms with Crippen molar-refractivity contribution < 1.29 is 17.9 Å². The van der Waals surface area contributed by atoms with E-state index in [0.717, 1.165) is 26.1 Å². The van der Waals surface area contributed by atoms with Crippen molar-refractivity contribution in [2.75, 3.05) is 51.3 Å². The number of carbonyl (C=O) groups excluding carboxylic acids is 1. The predicted molar refractivity (Wildman–Crippen MR) is 80.9 cm³/mol.